The van der Waals surface area contributed by atoms with E-state index in [0.29, 0.717) is 11.6 Å². The molecule has 4 nitrogen and oxygen atoms in total. The van der Waals surface area contributed by atoms with E-state index in [-0.39, 0.29) is 10.9 Å². The van der Waals surface area contributed by atoms with E-state index in [0.717, 1.165) is 24.1 Å². The molecule has 3 rings (SSSR count). The van der Waals surface area contributed by atoms with Gasteiger partial charge in [0.15, 0.2) is 0 Å². The smallest absolute Gasteiger partial charge is 0.243 e. The number of pyridine rings is 1. The molecule has 0 spiro atoms. The number of aryl methyl sites for hydroxylation is 1. The molecule has 0 bridgehead atoms. The van der Waals surface area contributed by atoms with Gasteiger partial charge in [-0.3, -0.25) is 4.98 Å². The van der Waals surface area contributed by atoms with Crippen LogP contribution >= 0.6 is 11.6 Å². The molecule has 0 amide bonds. The first-order valence-corrected chi connectivity index (χ1v) is 9.01. The molecule has 1 unspecified atom stereocenters. The van der Waals surface area contributed by atoms with E-state index in [4.69, 9.17) is 11.6 Å². The van der Waals surface area contributed by atoms with Crippen molar-refractivity contribution in [2.24, 2.45) is 0 Å². The van der Waals surface area contributed by atoms with Gasteiger partial charge in [-0.1, -0.05) is 23.7 Å². The van der Waals surface area contributed by atoms with E-state index >= 15 is 0 Å². The Bertz CT molecular complexity index is 778. The minimum absolute atomic E-state index is 0.203. The predicted molar refractivity (Wildman–Crippen MR) is 86.3 cm³/mol. The predicted octanol–water partition coefficient (Wildman–Crippen LogP) is 3.57. The maximum Gasteiger partial charge on any atom is 0.243 e. The minimum Gasteiger partial charge on any atom is -0.260 e. The van der Waals surface area contributed by atoms with Gasteiger partial charge < -0.3 is 0 Å². The highest BCUT2D eigenvalue weighted by Crippen LogP contribution is 2.36. The summed E-state index contributed by atoms with van der Waals surface area (Å²) >= 11 is 6.08. The molecule has 2 aromatic rings. The third-order valence-electron chi connectivity index (χ3n) is 3.98. The van der Waals surface area contributed by atoms with Gasteiger partial charge >= 0.3 is 0 Å². The third-order valence-corrected chi connectivity index (χ3v) is 6.29. The summed E-state index contributed by atoms with van der Waals surface area (Å²) in [6, 6.07) is 10.3. The zero-order valence-corrected chi connectivity index (χ0v) is 13.8. The van der Waals surface area contributed by atoms with E-state index in [2.05, 4.69) is 4.98 Å². The zero-order chi connectivity index (χ0) is 15.7. The van der Waals surface area contributed by atoms with Crippen molar-refractivity contribution >= 4 is 21.6 Å². The van der Waals surface area contributed by atoms with Gasteiger partial charge in [0.2, 0.25) is 10.0 Å². The molecule has 1 atom stereocenters. The van der Waals surface area contributed by atoms with Gasteiger partial charge in [-0.15, -0.1) is 0 Å². The topological polar surface area (TPSA) is 50.3 Å². The zero-order valence-electron chi connectivity index (χ0n) is 12.2. The van der Waals surface area contributed by atoms with Crippen molar-refractivity contribution in [2.45, 2.75) is 30.7 Å². The summed E-state index contributed by atoms with van der Waals surface area (Å²) in [4.78, 5) is 4.56. The number of aromatic nitrogens is 1. The fourth-order valence-corrected chi connectivity index (χ4v) is 4.71. The van der Waals surface area contributed by atoms with Crippen molar-refractivity contribution in [3.8, 4) is 0 Å². The van der Waals surface area contributed by atoms with Crippen LogP contribution in [0.4, 0.5) is 0 Å². The Morgan fingerprint density at radius 3 is 2.77 bits per heavy atom. The summed E-state index contributed by atoms with van der Waals surface area (Å²) < 4.78 is 27.4. The van der Waals surface area contributed by atoms with Gasteiger partial charge in [-0.2, -0.15) is 4.31 Å². The lowest BCUT2D eigenvalue weighted by Crippen LogP contribution is -2.31. The lowest BCUT2D eigenvalue weighted by molar-refractivity contribution is 0.390. The van der Waals surface area contributed by atoms with Crippen LogP contribution < -0.4 is 0 Å². The Morgan fingerprint density at radius 1 is 1.27 bits per heavy atom. The molecule has 1 fully saturated rings. The number of benzene rings is 1. The fourth-order valence-electron chi connectivity index (χ4n) is 2.77. The molecule has 1 aromatic heterocycles. The van der Waals surface area contributed by atoms with Crippen LogP contribution in [0.15, 0.2) is 47.5 Å². The van der Waals surface area contributed by atoms with E-state index in [9.17, 15) is 8.42 Å². The normalized spacial score (nSPS) is 19.5. The van der Waals surface area contributed by atoms with Crippen molar-refractivity contribution in [1.82, 2.24) is 9.29 Å². The van der Waals surface area contributed by atoms with Gasteiger partial charge in [0.05, 0.1) is 16.6 Å². The van der Waals surface area contributed by atoms with Crippen LogP contribution in [-0.2, 0) is 10.0 Å². The molecule has 1 saturated heterocycles. The van der Waals surface area contributed by atoms with Crippen LogP contribution in [0.2, 0.25) is 5.02 Å². The molecule has 1 aliphatic heterocycles. The molecule has 0 radical (unpaired) electrons. The Balaban J connectivity index is 1.99. The summed E-state index contributed by atoms with van der Waals surface area (Å²) in [5.74, 6) is 0. The number of halogens is 1. The number of nitrogens with zero attached hydrogens (tertiary/aromatic N) is 2. The third kappa shape index (κ3) is 2.76. The van der Waals surface area contributed by atoms with Crippen molar-refractivity contribution in [2.75, 3.05) is 6.54 Å². The second-order valence-corrected chi connectivity index (χ2v) is 7.74. The highest BCUT2D eigenvalue weighted by Gasteiger charge is 2.36. The van der Waals surface area contributed by atoms with Gasteiger partial charge in [0, 0.05) is 17.8 Å². The van der Waals surface area contributed by atoms with Gasteiger partial charge in [-0.05, 0) is 49.6 Å². The van der Waals surface area contributed by atoms with E-state index < -0.39 is 10.0 Å². The maximum atomic E-state index is 12.9. The Morgan fingerprint density at radius 2 is 2.09 bits per heavy atom. The van der Waals surface area contributed by atoms with E-state index in [1.54, 1.807) is 18.3 Å². The summed E-state index contributed by atoms with van der Waals surface area (Å²) in [6.45, 7) is 2.36. The van der Waals surface area contributed by atoms with E-state index in [1.165, 1.54) is 10.4 Å². The highest BCUT2D eigenvalue weighted by atomic mass is 35.5. The molecular formula is C16H17ClN2O2S. The molecular weight excluding hydrogens is 320 g/mol. The first-order chi connectivity index (χ1) is 10.5. The van der Waals surface area contributed by atoms with Crippen LogP contribution in [0.3, 0.4) is 0 Å². The molecule has 1 aromatic carbocycles. The largest absolute Gasteiger partial charge is 0.260 e. The number of sulfonamides is 1. The van der Waals surface area contributed by atoms with Crippen LogP contribution in [0.25, 0.3) is 0 Å². The number of rotatable bonds is 3. The minimum atomic E-state index is -3.57. The Kier molecular flexibility index (Phi) is 4.21. The van der Waals surface area contributed by atoms with Crippen LogP contribution in [0.5, 0.6) is 0 Å². The first kappa shape index (κ1) is 15.5. The SMILES string of the molecule is Cc1ccc(S(=O)(=O)N2CCCC2c2ccccn2)cc1Cl. The summed E-state index contributed by atoms with van der Waals surface area (Å²) in [5.41, 5.74) is 1.66. The summed E-state index contributed by atoms with van der Waals surface area (Å²) in [6.07, 6.45) is 3.32. The number of hydrogen-bond donors (Lipinski definition) is 0. The Labute approximate surface area is 135 Å². The van der Waals surface area contributed by atoms with Crippen molar-refractivity contribution in [3.63, 3.8) is 0 Å². The van der Waals surface area contributed by atoms with Gasteiger partial charge in [0.1, 0.15) is 0 Å². The second kappa shape index (κ2) is 5.99. The Hall–Kier alpha value is -1.43. The van der Waals surface area contributed by atoms with Crippen molar-refractivity contribution in [1.29, 1.82) is 0 Å². The van der Waals surface area contributed by atoms with Crippen LogP contribution in [-0.4, -0.2) is 24.3 Å². The number of hydrogen-bond acceptors (Lipinski definition) is 3. The molecule has 2 heterocycles. The molecule has 6 heteroatoms. The van der Waals surface area contributed by atoms with Crippen molar-refractivity contribution in [3.05, 3.63) is 58.9 Å². The van der Waals surface area contributed by atoms with Gasteiger partial charge in [0.25, 0.3) is 0 Å². The summed E-state index contributed by atoms with van der Waals surface area (Å²) in [7, 11) is -3.57. The van der Waals surface area contributed by atoms with Crippen LogP contribution in [0, 0.1) is 6.92 Å². The monoisotopic (exact) mass is 336 g/mol. The lowest BCUT2D eigenvalue weighted by atomic mass is 10.1. The second-order valence-electron chi connectivity index (χ2n) is 5.44. The molecule has 0 aliphatic carbocycles. The van der Waals surface area contributed by atoms with Crippen molar-refractivity contribution < 1.29 is 8.42 Å². The van der Waals surface area contributed by atoms with Crippen LogP contribution in [0.1, 0.15) is 30.1 Å². The molecule has 22 heavy (non-hydrogen) atoms. The standard InChI is InChI=1S/C16H17ClN2O2S/c1-12-7-8-13(11-14(12)17)22(20,21)19-10-4-6-16(19)15-5-2-3-9-18-15/h2-3,5,7-9,11,16H,4,6,10H2,1H3. The average Bonchev–Trinajstić information content (AvgIpc) is 3.01. The average molecular weight is 337 g/mol. The lowest BCUT2D eigenvalue weighted by Gasteiger charge is -2.23. The van der Waals surface area contributed by atoms with E-state index in [1.807, 2.05) is 25.1 Å². The maximum absolute atomic E-state index is 12.9. The molecule has 116 valence electrons. The van der Waals surface area contributed by atoms with Gasteiger partial charge in [-0.25, -0.2) is 8.42 Å². The quantitative estimate of drug-likeness (QED) is 0.861. The molecule has 1 aliphatic rings. The molecule has 0 N–H and O–H groups in total. The highest BCUT2D eigenvalue weighted by molar-refractivity contribution is 7.89. The summed E-state index contributed by atoms with van der Waals surface area (Å²) in [5, 5.41) is 0.467. The fraction of sp³-hybridized carbons (Fsp3) is 0.312. The molecule has 0 saturated carbocycles. The first-order valence-electron chi connectivity index (χ1n) is 7.19.